The van der Waals surface area contributed by atoms with E-state index in [2.05, 4.69) is 26.3 Å². The minimum Gasteiger partial charge on any atom is -0.346 e. The highest BCUT2D eigenvalue weighted by Gasteiger charge is 2.41. The van der Waals surface area contributed by atoms with E-state index >= 15 is 0 Å². The largest absolute Gasteiger partial charge is 0.346 e. The summed E-state index contributed by atoms with van der Waals surface area (Å²) in [6.07, 6.45) is 8.85. The van der Waals surface area contributed by atoms with Crippen LogP contribution in [0.4, 0.5) is 4.79 Å². The zero-order valence-corrected chi connectivity index (χ0v) is 13.2. The van der Waals surface area contributed by atoms with E-state index in [9.17, 15) is 4.79 Å². The Labute approximate surface area is 135 Å². The van der Waals surface area contributed by atoms with Gasteiger partial charge in [0.05, 0.1) is 5.69 Å². The van der Waals surface area contributed by atoms with E-state index in [1.807, 2.05) is 24.1 Å². The zero-order valence-electron chi connectivity index (χ0n) is 13.2. The first-order valence-electron chi connectivity index (χ1n) is 8.32. The van der Waals surface area contributed by atoms with Crippen molar-refractivity contribution in [2.45, 2.75) is 32.2 Å². The maximum Gasteiger partial charge on any atom is 0.317 e. The number of hydrogen-bond donors (Lipinski definition) is 2. The van der Waals surface area contributed by atoms with Crippen molar-refractivity contribution in [1.29, 1.82) is 0 Å². The van der Waals surface area contributed by atoms with E-state index in [4.69, 9.17) is 0 Å². The molecule has 1 saturated heterocycles. The average Bonchev–Trinajstić information content (AvgIpc) is 3.21. The van der Waals surface area contributed by atoms with Crippen molar-refractivity contribution in [3.05, 3.63) is 30.4 Å². The number of fused-ring (bicyclic) bond motifs is 2. The number of amides is 2. The molecular weight excluding hydrogens is 290 g/mol. The molecular formula is C17H21N5O. The minimum atomic E-state index is 0.0655. The first kappa shape index (κ1) is 14.2. The second-order valence-electron chi connectivity index (χ2n) is 6.19. The predicted octanol–water partition coefficient (Wildman–Crippen LogP) is 2.56. The van der Waals surface area contributed by atoms with Gasteiger partial charge in [-0.05, 0) is 37.8 Å². The highest BCUT2D eigenvalue weighted by Crippen LogP contribution is 2.42. The number of carbonyl (C=O) groups excluding carboxylic acids is 1. The van der Waals surface area contributed by atoms with Crippen LogP contribution in [0.25, 0.3) is 16.6 Å². The number of aromatic amines is 1. The monoisotopic (exact) mass is 311 g/mol. The van der Waals surface area contributed by atoms with Crippen molar-refractivity contribution in [2.24, 2.45) is 5.92 Å². The van der Waals surface area contributed by atoms with Crippen molar-refractivity contribution in [3.63, 3.8) is 0 Å². The Morgan fingerprint density at radius 1 is 1.43 bits per heavy atom. The second kappa shape index (κ2) is 5.68. The van der Waals surface area contributed by atoms with Gasteiger partial charge in [0.1, 0.15) is 12.0 Å². The fourth-order valence-corrected chi connectivity index (χ4v) is 4.01. The lowest BCUT2D eigenvalue weighted by molar-refractivity contribution is 0.186. The van der Waals surface area contributed by atoms with E-state index in [1.165, 1.54) is 5.57 Å². The Balaban J connectivity index is 1.68. The fourth-order valence-electron chi connectivity index (χ4n) is 4.01. The zero-order chi connectivity index (χ0) is 15.8. The number of likely N-dealkylation sites (tertiary alicyclic amines) is 1. The normalized spacial score (nSPS) is 23.7. The van der Waals surface area contributed by atoms with Crippen LogP contribution in [0.5, 0.6) is 0 Å². The summed E-state index contributed by atoms with van der Waals surface area (Å²) in [5, 5.41) is 4.00. The molecule has 2 amide bonds. The Kier molecular flexibility index (Phi) is 3.52. The molecule has 0 saturated carbocycles. The molecule has 2 N–H and O–H groups in total. The number of carbonyl (C=O) groups is 1. The topological polar surface area (TPSA) is 73.9 Å². The third-order valence-electron chi connectivity index (χ3n) is 4.99. The van der Waals surface area contributed by atoms with Gasteiger partial charge in [0.25, 0.3) is 0 Å². The van der Waals surface area contributed by atoms with Gasteiger partial charge in [-0.25, -0.2) is 14.8 Å². The standard InChI is InChI=1S/C17H21N5O/c1-2-18-17(23)22-9-7-11-12(4-3-5-14(11)22)15-13-6-8-19-16(13)21-10-20-15/h4,6,8,10-11,14H,2-3,5,7,9H2,1H3,(H,18,23)(H,19,20,21). The van der Waals surface area contributed by atoms with Gasteiger partial charge in [0.15, 0.2) is 0 Å². The molecule has 0 radical (unpaired) electrons. The number of hydrogen-bond acceptors (Lipinski definition) is 3. The summed E-state index contributed by atoms with van der Waals surface area (Å²) in [6.45, 7) is 3.45. The molecule has 3 heterocycles. The van der Waals surface area contributed by atoms with E-state index in [1.54, 1.807) is 6.33 Å². The Bertz CT molecular complexity index is 765. The molecule has 1 fully saturated rings. The smallest absolute Gasteiger partial charge is 0.317 e. The average molecular weight is 311 g/mol. The molecule has 0 spiro atoms. The summed E-state index contributed by atoms with van der Waals surface area (Å²) >= 11 is 0. The van der Waals surface area contributed by atoms with Crippen LogP contribution in [0.1, 0.15) is 31.9 Å². The molecule has 2 aliphatic rings. The fraction of sp³-hybridized carbons (Fsp3) is 0.471. The molecule has 1 aliphatic heterocycles. The van der Waals surface area contributed by atoms with Gasteiger partial charge in [0.2, 0.25) is 0 Å². The van der Waals surface area contributed by atoms with Gasteiger partial charge in [-0.15, -0.1) is 0 Å². The molecule has 4 rings (SSSR count). The molecule has 1 aliphatic carbocycles. The van der Waals surface area contributed by atoms with Crippen LogP contribution >= 0.6 is 0 Å². The highest BCUT2D eigenvalue weighted by atomic mass is 16.2. The number of nitrogens with one attached hydrogen (secondary N) is 2. The predicted molar refractivity (Wildman–Crippen MR) is 88.8 cm³/mol. The summed E-state index contributed by atoms with van der Waals surface area (Å²) in [6, 6.07) is 2.38. The summed E-state index contributed by atoms with van der Waals surface area (Å²) in [7, 11) is 0. The van der Waals surface area contributed by atoms with E-state index < -0.39 is 0 Å². The summed E-state index contributed by atoms with van der Waals surface area (Å²) in [5.41, 5.74) is 3.17. The summed E-state index contributed by atoms with van der Waals surface area (Å²) in [4.78, 5) is 26.3. The molecule has 2 atom stereocenters. The number of urea groups is 1. The number of allylic oxidation sites excluding steroid dienone is 1. The van der Waals surface area contributed by atoms with E-state index in [0.717, 1.165) is 42.5 Å². The highest BCUT2D eigenvalue weighted by molar-refractivity contribution is 5.89. The molecule has 2 aromatic rings. The van der Waals surface area contributed by atoms with Crippen molar-refractivity contribution < 1.29 is 4.79 Å². The SMILES string of the molecule is CCNC(=O)N1CCC2C(c3ncnc4[nH]ccc34)=CCCC21. The van der Waals surface area contributed by atoms with Crippen molar-refractivity contribution in [3.8, 4) is 0 Å². The van der Waals surface area contributed by atoms with Gasteiger partial charge in [0, 0.05) is 36.6 Å². The van der Waals surface area contributed by atoms with Gasteiger partial charge < -0.3 is 15.2 Å². The number of H-pyrrole nitrogens is 1. The van der Waals surface area contributed by atoms with E-state index in [0.29, 0.717) is 12.5 Å². The quantitative estimate of drug-likeness (QED) is 0.895. The Hall–Kier alpha value is -2.37. The Morgan fingerprint density at radius 3 is 3.22 bits per heavy atom. The second-order valence-corrected chi connectivity index (χ2v) is 6.19. The Morgan fingerprint density at radius 2 is 2.35 bits per heavy atom. The first-order chi connectivity index (χ1) is 11.3. The molecule has 2 aromatic heterocycles. The van der Waals surface area contributed by atoms with Crippen LogP contribution in [0.2, 0.25) is 0 Å². The molecule has 0 aromatic carbocycles. The maximum atomic E-state index is 12.3. The number of aromatic nitrogens is 3. The lowest BCUT2D eigenvalue weighted by Gasteiger charge is -2.32. The molecule has 23 heavy (non-hydrogen) atoms. The van der Waals surface area contributed by atoms with Gasteiger partial charge in [-0.2, -0.15) is 0 Å². The summed E-state index contributed by atoms with van der Waals surface area (Å²) in [5.74, 6) is 0.374. The lowest BCUT2D eigenvalue weighted by atomic mass is 9.81. The third-order valence-corrected chi connectivity index (χ3v) is 4.99. The van der Waals surface area contributed by atoms with E-state index in [-0.39, 0.29) is 12.1 Å². The maximum absolute atomic E-state index is 12.3. The minimum absolute atomic E-state index is 0.0655. The van der Waals surface area contributed by atoms with Gasteiger partial charge >= 0.3 is 6.03 Å². The van der Waals surface area contributed by atoms with Gasteiger partial charge in [-0.1, -0.05) is 6.08 Å². The molecule has 120 valence electrons. The molecule has 6 heteroatoms. The molecule has 6 nitrogen and oxygen atoms in total. The van der Waals surface area contributed by atoms with Crippen LogP contribution in [0, 0.1) is 5.92 Å². The van der Waals surface area contributed by atoms with Crippen LogP contribution in [-0.2, 0) is 0 Å². The van der Waals surface area contributed by atoms with Gasteiger partial charge in [-0.3, -0.25) is 0 Å². The summed E-state index contributed by atoms with van der Waals surface area (Å²) < 4.78 is 0. The van der Waals surface area contributed by atoms with Crippen molar-refractivity contribution in [1.82, 2.24) is 25.2 Å². The van der Waals surface area contributed by atoms with Crippen LogP contribution in [-0.4, -0.2) is 45.0 Å². The number of rotatable bonds is 2. The van der Waals surface area contributed by atoms with Crippen LogP contribution in [0.3, 0.4) is 0 Å². The van der Waals surface area contributed by atoms with Crippen molar-refractivity contribution in [2.75, 3.05) is 13.1 Å². The molecule has 2 unspecified atom stereocenters. The first-order valence-corrected chi connectivity index (χ1v) is 8.32. The van der Waals surface area contributed by atoms with Crippen LogP contribution < -0.4 is 5.32 Å². The third kappa shape index (κ3) is 2.29. The lowest BCUT2D eigenvalue weighted by Crippen LogP contribution is -2.44. The van der Waals surface area contributed by atoms with Crippen molar-refractivity contribution >= 4 is 22.6 Å². The van der Waals surface area contributed by atoms with Crippen LogP contribution in [0.15, 0.2) is 24.7 Å². The molecule has 0 bridgehead atoms. The number of nitrogens with zero attached hydrogens (tertiary/aromatic N) is 3.